The highest BCUT2D eigenvalue weighted by molar-refractivity contribution is 8.18. The molecule has 9 nitrogen and oxygen atoms in total. The van der Waals surface area contributed by atoms with Crippen LogP contribution in [0.3, 0.4) is 0 Å². The predicted octanol–water partition coefficient (Wildman–Crippen LogP) is 1.02. The summed E-state index contributed by atoms with van der Waals surface area (Å²) in [6, 6.07) is 3.09. The number of benzene rings is 1. The summed E-state index contributed by atoms with van der Waals surface area (Å²) in [5.74, 6) is -0.770. The van der Waals surface area contributed by atoms with Crippen LogP contribution < -0.4 is 14.8 Å². The van der Waals surface area contributed by atoms with E-state index in [1.165, 1.54) is 27.5 Å². The zero-order valence-corrected chi connectivity index (χ0v) is 14.4. The summed E-state index contributed by atoms with van der Waals surface area (Å²) >= 11 is 0.962. The minimum atomic E-state index is -0.634. The van der Waals surface area contributed by atoms with Gasteiger partial charge < -0.3 is 19.3 Å². The summed E-state index contributed by atoms with van der Waals surface area (Å²) < 4.78 is 14.6. The number of ether oxygens (including phenoxy) is 3. The number of nitrogens with zero attached hydrogens (tertiary/aromatic N) is 2. The number of carbonyl (C=O) groups excluding carboxylic acids is 2. The summed E-state index contributed by atoms with van der Waals surface area (Å²) in [5, 5.41) is 20.3. The Hall–Kier alpha value is -3.01. The van der Waals surface area contributed by atoms with Gasteiger partial charge in [-0.05, 0) is 23.9 Å². The zero-order valence-electron chi connectivity index (χ0n) is 13.6. The van der Waals surface area contributed by atoms with Crippen molar-refractivity contribution in [2.75, 3.05) is 21.3 Å². The van der Waals surface area contributed by atoms with Crippen molar-refractivity contribution in [3.63, 3.8) is 0 Å². The predicted molar refractivity (Wildman–Crippen MR) is 92.1 cm³/mol. The first-order chi connectivity index (χ1) is 12.0. The highest BCUT2D eigenvalue weighted by atomic mass is 32.2. The fourth-order valence-corrected chi connectivity index (χ4v) is 2.52. The van der Waals surface area contributed by atoms with E-state index in [0.717, 1.165) is 17.8 Å². The van der Waals surface area contributed by atoms with Gasteiger partial charge in [-0.25, -0.2) is 4.79 Å². The maximum absolute atomic E-state index is 11.7. The average Bonchev–Trinajstić information content (AvgIpc) is 2.95. The maximum Gasteiger partial charge on any atom is 0.331 e. The number of carbonyl (C=O) groups is 2. The highest BCUT2D eigenvalue weighted by Crippen LogP contribution is 2.36. The molecule has 1 aromatic carbocycles. The standard InChI is InChI=1S/C15H15N3O6S/c1-22-9-4-8(5-10(23-2)13(9)20)7-16-18-15-17-14(21)11(25-15)6-12(19)24-3/h4-7,20H,1-3H3,(H,17,18,21)/b11-6-,16-7+. The van der Waals surface area contributed by atoms with Gasteiger partial charge in [0.05, 0.1) is 32.4 Å². The first kappa shape index (κ1) is 18.3. The first-order valence-corrected chi connectivity index (χ1v) is 7.65. The van der Waals surface area contributed by atoms with Crippen molar-refractivity contribution in [1.82, 2.24) is 5.32 Å². The van der Waals surface area contributed by atoms with Gasteiger partial charge in [0.25, 0.3) is 5.91 Å². The molecule has 0 aromatic heterocycles. The molecule has 0 bridgehead atoms. The van der Waals surface area contributed by atoms with Crippen LogP contribution in [0.25, 0.3) is 0 Å². The van der Waals surface area contributed by atoms with Gasteiger partial charge in [0.15, 0.2) is 16.7 Å². The number of phenolic OH excluding ortho intramolecular Hbond substituents is 1. The summed E-state index contributed by atoms with van der Waals surface area (Å²) in [6.07, 6.45) is 2.47. The molecule has 1 aliphatic heterocycles. The van der Waals surface area contributed by atoms with Crippen molar-refractivity contribution in [1.29, 1.82) is 0 Å². The van der Waals surface area contributed by atoms with Gasteiger partial charge in [-0.2, -0.15) is 5.10 Å². The summed E-state index contributed by atoms with van der Waals surface area (Å²) in [7, 11) is 4.04. The second-order valence-corrected chi connectivity index (χ2v) is 5.54. The van der Waals surface area contributed by atoms with Gasteiger partial charge in [-0.1, -0.05) is 0 Å². The third-order valence-corrected chi connectivity index (χ3v) is 3.86. The number of hydrogen-bond donors (Lipinski definition) is 2. The molecule has 0 aliphatic carbocycles. The Bertz CT molecular complexity index is 762. The van der Waals surface area contributed by atoms with Crippen LogP contribution in [0.1, 0.15) is 5.56 Å². The average molecular weight is 365 g/mol. The molecule has 10 heteroatoms. The third-order valence-electron chi connectivity index (χ3n) is 2.96. The lowest BCUT2D eigenvalue weighted by atomic mass is 10.2. The van der Waals surface area contributed by atoms with Crippen molar-refractivity contribution < 1.29 is 28.9 Å². The Morgan fingerprint density at radius 1 is 1.24 bits per heavy atom. The number of methoxy groups -OCH3 is 3. The van der Waals surface area contributed by atoms with E-state index in [9.17, 15) is 14.7 Å². The molecule has 0 spiro atoms. The molecule has 0 atom stereocenters. The minimum absolute atomic E-state index is 0.121. The lowest BCUT2D eigenvalue weighted by molar-refractivity contribution is -0.135. The van der Waals surface area contributed by atoms with Crippen molar-refractivity contribution >= 4 is 35.0 Å². The summed E-state index contributed by atoms with van der Waals surface area (Å²) in [6.45, 7) is 0. The van der Waals surface area contributed by atoms with E-state index >= 15 is 0 Å². The van der Waals surface area contributed by atoms with Crippen molar-refractivity contribution in [3.8, 4) is 17.2 Å². The van der Waals surface area contributed by atoms with Gasteiger partial charge >= 0.3 is 5.97 Å². The van der Waals surface area contributed by atoms with Gasteiger partial charge in [0.1, 0.15) is 0 Å². The van der Waals surface area contributed by atoms with E-state index in [1.54, 1.807) is 12.1 Å². The number of hydrogen-bond acceptors (Lipinski definition) is 9. The fraction of sp³-hybridized carbons (Fsp3) is 0.200. The molecular weight excluding hydrogens is 350 g/mol. The highest BCUT2D eigenvalue weighted by Gasteiger charge is 2.25. The molecular formula is C15H15N3O6S. The molecule has 132 valence electrons. The van der Waals surface area contributed by atoms with Crippen LogP contribution in [0, 0.1) is 0 Å². The third kappa shape index (κ3) is 4.51. The lowest BCUT2D eigenvalue weighted by Gasteiger charge is -2.08. The van der Waals surface area contributed by atoms with Crippen LogP contribution in [0.4, 0.5) is 0 Å². The minimum Gasteiger partial charge on any atom is -0.502 e. The monoisotopic (exact) mass is 365 g/mol. The molecule has 1 aliphatic rings. The number of thioether (sulfide) groups is 1. The first-order valence-electron chi connectivity index (χ1n) is 6.83. The molecule has 1 aromatic rings. The second-order valence-electron chi connectivity index (χ2n) is 4.51. The van der Waals surface area contributed by atoms with Gasteiger partial charge in [-0.15, -0.1) is 5.10 Å². The maximum atomic E-state index is 11.7. The van der Waals surface area contributed by atoms with Crippen molar-refractivity contribution in [2.45, 2.75) is 0 Å². The van der Waals surface area contributed by atoms with Crippen molar-refractivity contribution in [2.24, 2.45) is 10.2 Å². The van der Waals surface area contributed by atoms with E-state index in [1.807, 2.05) is 0 Å². The normalized spacial score (nSPS) is 17.2. The van der Waals surface area contributed by atoms with Crippen LogP contribution >= 0.6 is 11.8 Å². The van der Waals surface area contributed by atoms with E-state index < -0.39 is 11.9 Å². The molecule has 0 unspecified atom stereocenters. The lowest BCUT2D eigenvalue weighted by Crippen LogP contribution is -2.19. The SMILES string of the molecule is COC(=O)/C=C1\S/C(=N/N=C/c2cc(OC)c(O)c(OC)c2)NC1=O. The summed E-state index contributed by atoms with van der Waals surface area (Å²) in [5.41, 5.74) is 0.565. The number of aromatic hydroxyl groups is 1. The number of rotatable bonds is 5. The summed E-state index contributed by atoms with van der Waals surface area (Å²) in [4.78, 5) is 23.0. The Morgan fingerprint density at radius 3 is 2.44 bits per heavy atom. The van der Waals surface area contributed by atoms with Crippen LogP contribution in [0.15, 0.2) is 33.3 Å². The molecule has 1 heterocycles. The van der Waals surface area contributed by atoms with Gasteiger partial charge in [-0.3, -0.25) is 10.1 Å². The Kier molecular flexibility index (Phi) is 6.01. The smallest absolute Gasteiger partial charge is 0.331 e. The second kappa shape index (κ2) is 8.20. The number of phenols is 1. The fourth-order valence-electron chi connectivity index (χ4n) is 1.78. The number of nitrogens with one attached hydrogen (secondary N) is 1. The number of esters is 1. The van der Waals surface area contributed by atoms with Gasteiger partial charge in [0.2, 0.25) is 5.75 Å². The van der Waals surface area contributed by atoms with Gasteiger partial charge in [0, 0.05) is 11.6 Å². The molecule has 0 radical (unpaired) electrons. The molecule has 25 heavy (non-hydrogen) atoms. The van der Waals surface area contributed by atoms with E-state index in [0.29, 0.717) is 5.56 Å². The molecule has 0 saturated carbocycles. The van der Waals surface area contributed by atoms with E-state index in [2.05, 4.69) is 20.3 Å². The number of amides is 1. The van der Waals surface area contributed by atoms with Crippen LogP contribution in [-0.2, 0) is 14.3 Å². The zero-order chi connectivity index (χ0) is 18.4. The molecule has 2 rings (SSSR count). The Morgan fingerprint density at radius 2 is 1.88 bits per heavy atom. The van der Waals surface area contributed by atoms with Crippen molar-refractivity contribution in [3.05, 3.63) is 28.7 Å². The Labute approximate surface area is 147 Å². The Balaban J connectivity index is 2.16. The largest absolute Gasteiger partial charge is 0.502 e. The molecule has 1 amide bonds. The quantitative estimate of drug-likeness (QED) is 0.346. The molecule has 2 N–H and O–H groups in total. The van der Waals surface area contributed by atoms with E-state index in [4.69, 9.17) is 9.47 Å². The number of amidine groups is 1. The topological polar surface area (TPSA) is 119 Å². The molecule has 1 saturated heterocycles. The van der Waals surface area contributed by atoms with E-state index in [-0.39, 0.29) is 27.3 Å². The van der Waals surface area contributed by atoms with Crippen LogP contribution in [-0.4, -0.2) is 49.7 Å². The van der Waals surface area contributed by atoms with Crippen LogP contribution in [0.2, 0.25) is 0 Å². The molecule has 1 fully saturated rings. The van der Waals surface area contributed by atoms with Crippen LogP contribution in [0.5, 0.6) is 17.2 Å².